The molecule has 1 aromatic heterocycles. The van der Waals surface area contributed by atoms with E-state index in [9.17, 15) is 5.11 Å². The minimum Gasteiger partial charge on any atom is -0.392 e. The molecule has 0 aromatic carbocycles. The molecule has 1 aliphatic carbocycles. The van der Waals surface area contributed by atoms with Gasteiger partial charge in [0, 0.05) is 13.1 Å². The number of aliphatic hydroxyl groups is 1. The third kappa shape index (κ3) is 2.71. The standard InChI is InChI=1S/C12H19N3O3/c1-15-4-5-17-10(7-15)12-13-11(18-14-12)6-9(16)8-2-3-8/h8-10,16H,2-7H2,1H3. The first-order valence-electron chi connectivity index (χ1n) is 6.53. The van der Waals surface area contributed by atoms with Crippen LogP contribution in [0.2, 0.25) is 0 Å². The second kappa shape index (κ2) is 4.95. The Morgan fingerprint density at radius 3 is 3.06 bits per heavy atom. The number of aromatic nitrogens is 2. The first-order chi connectivity index (χ1) is 8.72. The van der Waals surface area contributed by atoms with Crippen LogP contribution in [0.15, 0.2) is 4.52 Å². The van der Waals surface area contributed by atoms with Gasteiger partial charge in [-0.2, -0.15) is 4.98 Å². The maximum absolute atomic E-state index is 9.84. The number of morpholine rings is 1. The predicted molar refractivity (Wildman–Crippen MR) is 62.9 cm³/mol. The number of ether oxygens (including phenoxy) is 1. The van der Waals surface area contributed by atoms with E-state index in [4.69, 9.17) is 9.26 Å². The van der Waals surface area contributed by atoms with E-state index in [2.05, 4.69) is 15.0 Å². The Labute approximate surface area is 106 Å². The molecule has 0 spiro atoms. The van der Waals surface area contributed by atoms with Crippen LogP contribution in [0.5, 0.6) is 0 Å². The summed E-state index contributed by atoms with van der Waals surface area (Å²) in [6.45, 7) is 2.40. The Balaban J connectivity index is 1.61. The van der Waals surface area contributed by atoms with E-state index < -0.39 is 0 Å². The van der Waals surface area contributed by atoms with Crippen molar-refractivity contribution in [1.29, 1.82) is 0 Å². The van der Waals surface area contributed by atoms with Crippen molar-refractivity contribution in [2.45, 2.75) is 31.5 Å². The largest absolute Gasteiger partial charge is 0.392 e. The lowest BCUT2D eigenvalue weighted by Crippen LogP contribution is -2.35. The van der Waals surface area contributed by atoms with Gasteiger partial charge >= 0.3 is 0 Å². The van der Waals surface area contributed by atoms with Crippen molar-refractivity contribution in [1.82, 2.24) is 15.0 Å². The quantitative estimate of drug-likeness (QED) is 0.836. The Kier molecular flexibility index (Phi) is 3.32. The number of hydrogen-bond acceptors (Lipinski definition) is 6. The van der Waals surface area contributed by atoms with Gasteiger partial charge in [0.2, 0.25) is 11.7 Å². The summed E-state index contributed by atoms with van der Waals surface area (Å²) in [5.74, 6) is 1.54. The van der Waals surface area contributed by atoms with Crippen molar-refractivity contribution in [3.05, 3.63) is 11.7 Å². The fraction of sp³-hybridized carbons (Fsp3) is 0.833. The summed E-state index contributed by atoms with van der Waals surface area (Å²) in [5, 5.41) is 13.8. The minimum atomic E-state index is -0.340. The molecule has 0 radical (unpaired) electrons. The van der Waals surface area contributed by atoms with Crippen LogP contribution in [0.1, 0.15) is 30.7 Å². The van der Waals surface area contributed by atoms with Gasteiger partial charge in [-0.3, -0.25) is 0 Å². The number of aliphatic hydroxyl groups excluding tert-OH is 1. The highest BCUT2D eigenvalue weighted by Crippen LogP contribution is 2.33. The lowest BCUT2D eigenvalue weighted by molar-refractivity contribution is -0.0264. The van der Waals surface area contributed by atoms with Gasteiger partial charge in [0.25, 0.3) is 0 Å². The van der Waals surface area contributed by atoms with E-state index in [1.165, 1.54) is 0 Å². The topological polar surface area (TPSA) is 71.6 Å². The average Bonchev–Trinajstić information content (AvgIpc) is 3.10. The van der Waals surface area contributed by atoms with E-state index in [0.717, 1.165) is 25.9 Å². The average molecular weight is 253 g/mol. The molecule has 1 N–H and O–H groups in total. The van der Waals surface area contributed by atoms with Gasteiger partial charge in [0.05, 0.1) is 19.1 Å². The van der Waals surface area contributed by atoms with E-state index in [-0.39, 0.29) is 12.2 Å². The molecular weight excluding hydrogens is 234 g/mol. The molecule has 6 nitrogen and oxygen atoms in total. The minimum absolute atomic E-state index is 0.112. The molecule has 0 amide bonds. The molecule has 3 rings (SSSR count). The van der Waals surface area contributed by atoms with Crippen LogP contribution >= 0.6 is 0 Å². The zero-order chi connectivity index (χ0) is 12.5. The summed E-state index contributed by atoms with van der Waals surface area (Å²) < 4.78 is 10.8. The fourth-order valence-electron chi connectivity index (χ4n) is 2.24. The van der Waals surface area contributed by atoms with E-state index in [0.29, 0.717) is 30.7 Å². The van der Waals surface area contributed by atoms with Crippen molar-refractivity contribution in [2.75, 3.05) is 26.7 Å². The SMILES string of the molecule is CN1CCOC(c2noc(CC(O)C3CC3)n2)C1. The van der Waals surface area contributed by atoms with Crippen molar-refractivity contribution in [3.63, 3.8) is 0 Å². The first-order valence-corrected chi connectivity index (χ1v) is 6.53. The normalized spacial score (nSPS) is 27.3. The van der Waals surface area contributed by atoms with Gasteiger partial charge in [0.15, 0.2) is 0 Å². The van der Waals surface area contributed by atoms with Crippen molar-refractivity contribution in [2.24, 2.45) is 5.92 Å². The van der Waals surface area contributed by atoms with Crippen molar-refractivity contribution in [3.8, 4) is 0 Å². The third-order valence-corrected chi connectivity index (χ3v) is 3.59. The molecule has 100 valence electrons. The number of likely N-dealkylation sites (N-methyl/N-ethyl adjacent to an activating group) is 1. The van der Waals surface area contributed by atoms with Crippen LogP contribution in [0, 0.1) is 5.92 Å². The molecule has 2 unspecified atom stereocenters. The second-order valence-electron chi connectivity index (χ2n) is 5.28. The molecule has 1 saturated carbocycles. The summed E-state index contributed by atoms with van der Waals surface area (Å²) in [5.41, 5.74) is 0. The molecule has 2 fully saturated rings. The number of hydrogen-bond donors (Lipinski definition) is 1. The number of nitrogens with zero attached hydrogens (tertiary/aromatic N) is 3. The summed E-state index contributed by atoms with van der Waals surface area (Å²) in [6.07, 6.45) is 2.23. The molecule has 18 heavy (non-hydrogen) atoms. The van der Waals surface area contributed by atoms with Gasteiger partial charge in [-0.05, 0) is 25.8 Å². The van der Waals surface area contributed by atoms with Crippen LogP contribution in [0.4, 0.5) is 0 Å². The van der Waals surface area contributed by atoms with Gasteiger partial charge in [-0.1, -0.05) is 5.16 Å². The monoisotopic (exact) mass is 253 g/mol. The summed E-state index contributed by atoms with van der Waals surface area (Å²) in [6, 6.07) is 0. The van der Waals surface area contributed by atoms with Crippen LogP contribution < -0.4 is 0 Å². The Bertz CT molecular complexity index is 405. The van der Waals surface area contributed by atoms with Gasteiger partial charge in [-0.15, -0.1) is 0 Å². The molecule has 2 atom stereocenters. The van der Waals surface area contributed by atoms with Crippen LogP contribution in [0.3, 0.4) is 0 Å². The highest BCUT2D eigenvalue weighted by molar-refractivity contribution is 4.96. The first kappa shape index (κ1) is 12.1. The summed E-state index contributed by atoms with van der Waals surface area (Å²) in [4.78, 5) is 6.51. The van der Waals surface area contributed by atoms with Crippen molar-refractivity contribution >= 4 is 0 Å². The van der Waals surface area contributed by atoms with Gasteiger partial charge in [-0.25, -0.2) is 0 Å². The predicted octanol–water partition coefficient (Wildman–Crippen LogP) is 0.386. The van der Waals surface area contributed by atoms with E-state index >= 15 is 0 Å². The molecular formula is C12H19N3O3. The highest BCUT2D eigenvalue weighted by Gasteiger charge is 2.31. The van der Waals surface area contributed by atoms with Crippen LogP contribution in [-0.4, -0.2) is 53.0 Å². The molecule has 1 aliphatic heterocycles. The third-order valence-electron chi connectivity index (χ3n) is 3.59. The van der Waals surface area contributed by atoms with Gasteiger partial charge < -0.3 is 19.3 Å². The lowest BCUT2D eigenvalue weighted by atomic mass is 10.2. The van der Waals surface area contributed by atoms with Crippen LogP contribution in [-0.2, 0) is 11.2 Å². The smallest absolute Gasteiger partial charge is 0.229 e. The maximum atomic E-state index is 9.84. The lowest BCUT2D eigenvalue weighted by Gasteiger charge is -2.27. The Hall–Kier alpha value is -0.980. The zero-order valence-corrected chi connectivity index (χ0v) is 10.6. The molecule has 0 bridgehead atoms. The molecule has 2 heterocycles. The Morgan fingerprint density at radius 2 is 2.33 bits per heavy atom. The number of rotatable bonds is 4. The highest BCUT2D eigenvalue weighted by atomic mass is 16.5. The fourth-order valence-corrected chi connectivity index (χ4v) is 2.24. The molecule has 1 aromatic rings. The zero-order valence-electron chi connectivity index (χ0n) is 10.6. The summed E-state index contributed by atoms with van der Waals surface area (Å²) in [7, 11) is 2.05. The summed E-state index contributed by atoms with van der Waals surface area (Å²) >= 11 is 0. The second-order valence-corrected chi connectivity index (χ2v) is 5.28. The van der Waals surface area contributed by atoms with Gasteiger partial charge in [0.1, 0.15) is 6.10 Å². The molecule has 1 saturated heterocycles. The maximum Gasteiger partial charge on any atom is 0.229 e. The van der Waals surface area contributed by atoms with Crippen LogP contribution in [0.25, 0.3) is 0 Å². The van der Waals surface area contributed by atoms with E-state index in [1.807, 2.05) is 7.05 Å². The molecule has 6 heteroatoms. The van der Waals surface area contributed by atoms with E-state index in [1.54, 1.807) is 0 Å². The Morgan fingerprint density at radius 1 is 1.50 bits per heavy atom. The molecule has 2 aliphatic rings. The van der Waals surface area contributed by atoms with Crippen molar-refractivity contribution < 1.29 is 14.4 Å².